The first-order valence-electron chi connectivity index (χ1n) is 7.28. The highest BCUT2D eigenvalue weighted by molar-refractivity contribution is 5.52. The lowest BCUT2D eigenvalue weighted by Gasteiger charge is -2.51. The van der Waals surface area contributed by atoms with Gasteiger partial charge in [0.2, 0.25) is 0 Å². The second-order valence-electron chi connectivity index (χ2n) is 6.32. The lowest BCUT2D eigenvalue weighted by molar-refractivity contribution is -0.385. The molecule has 2 heterocycles. The fraction of sp³-hybridized carbons (Fsp3) is 0.600. The number of hydrogen-bond acceptors (Lipinski definition) is 4. The summed E-state index contributed by atoms with van der Waals surface area (Å²) >= 11 is 0. The number of likely N-dealkylation sites (tertiary alicyclic amines) is 1. The summed E-state index contributed by atoms with van der Waals surface area (Å²) in [4.78, 5) is 13.1. The number of benzene rings is 1. The summed E-state index contributed by atoms with van der Waals surface area (Å²) in [5, 5.41) is 11.0. The van der Waals surface area contributed by atoms with E-state index in [0.29, 0.717) is 6.04 Å². The number of non-ortho nitro benzene ring substituents is 1. The number of ether oxygens (including phenoxy) is 1. The SMILES string of the molecule is CN1CC[C@]23CCC[C@H]1[C@@H]2Oc1ccc([N+](=O)[O-])cc13. The molecule has 1 aromatic carbocycles. The minimum Gasteiger partial charge on any atom is -0.488 e. The molecule has 1 aliphatic carbocycles. The normalized spacial score (nSPS) is 35.0. The van der Waals surface area contributed by atoms with Crippen molar-refractivity contribution in [3.8, 4) is 5.75 Å². The first-order valence-corrected chi connectivity index (χ1v) is 7.28. The van der Waals surface area contributed by atoms with Crippen molar-refractivity contribution >= 4 is 5.69 Å². The Morgan fingerprint density at radius 3 is 3.10 bits per heavy atom. The van der Waals surface area contributed by atoms with Crippen molar-refractivity contribution in [2.24, 2.45) is 0 Å². The van der Waals surface area contributed by atoms with Crippen LogP contribution in [0, 0.1) is 10.1 Å². The van der Waals surface area contributed by atoms with Crippen LogP contribution in [0.2, 0.25) is 0 Å². The largest absolute Gasteiger partial charge is 0.488 e. The minimum atomic E-state index is -0.306. The number of rotatable bonds is 1. The Balaban J connectivity index is 1.84. The first kappa shape index (κ1) is 12.1. The Labute approximate surface area is 117 Å². The molecule has 0 N–H and O–H groups in total. The van der Waals surface area contributed by atoms with Gasteiger partial charge in [-0.3, -0.25) is 15.0 Å². The molecule has 0 radical (unpaired) electrons. The van der Waals surface area contributed by atoms with E-state index in [-0.39, 0.29) is 22.1 Å². The van der Waals surface area contributed by atoms with Gasteiger partial charge in [-0.25, -0.2) is 0 Å². The Hall–Kier alpha value is -1.62. The molecular weight excluding hydrogens is 256 g/mol. The zero-order chi connectivity index (χ0) is 13.9. The van der Waals surface area contributed by atoms with Gasteiger partial charge in [-0.05, 0) is 38.9 Å². The number of likely N-dealkylation sites (N-methyl/N-ethyl adjacent to an activating group) is 1. The second kappa shape index (κ2) is 3.95. The van der Waals surface area contributed by atoms with E-state index in [2.05, 4.69) is 11.9 Å². The number of hydrogen-bond donors (Lipinski definition) is 0. The smallest absolute Gasteiger partial charge is 0.269 e. The van der Waals surface area contributed by atoms with E-state index in [4.69, 9.17) is 4.74 Å². The van der Waals surface area contributed by atoms with Crippen molar-refractivity contribution in [1.29, 1.82) is 0 Å². The van der Waals surface area contributed by atoms with Gasteiger partial charge in [0, 0.05) is 29.2 Å². The molecular formula is C15H18N2O3. The monoisotopic (exact) mass is 274 g/mol. The fourth-order valence-corrected chi connectivity index (χ4v) is 4.42. The number of nitro benzene ring substituents is 1. The van der Waals surface area contributed by atoms with E-state index in [1.54, 1.807) is 18.2 Å². The van der Waals surface area contributed by atoms with Crippen LogP contribution >= 0.6 is 0 Å². The van der Waals surface area contributed by atoms with E-state index in [1.807, 2.05) is 0 Å². The van der Waals surface area contributed by atoms with Crippen LogP contribution < -0.4 is 4.74 Å². The summed E-state index contributed by atoms with van der Waals surface area (Å²) in [6.07, 6.45) is 4.65. The molecule has 3 aliphatic rings. The summed E-state index contributed by atoms with van der Waals surface area (Å²) in [7, 11) is 2.16. The van der Waals surface area contributed by atoms with E-state index in [1.165, 1.54) is 12.8 Å². The summed E-state index contributed by atoms with van der Waals surface area (Å²) < 4.78 is 6.21. The quantitative estimate of drug-likeness (QED) is 0.583. The highest BCUT2D eigenvalue weighted by atomic mass is 16.6. The maximum atomic E-state index is 11.0. The molecule has 4 rings (SSSR count). The van der Waals surface area contributed by atoms with Crippen LogP contribution in [-0.2, 0) is 5.41 Å². The average Bonchev–Trinajstić information content (AvgIpc) is 2.78. The van der Waals surface area contributed by atoms with Crippen LogP contribution in [0.25, 0.3) is 0 Å². The molecule has 1 saturated carbocycles. The van der Waals surface area contributed by atoms with E-state index in [9.17, 15) is 10.1 Å². The summed E-state index contributed by atoms with van der Waals surface area (Å²) in [6.45, 7) is 1.05. The Bertz CT molecular complexity index is 588. The van der Waals surface area contributed by atoms with Crippen molar-refractivity contribution in [3.63, 3.8) is 0 Å². The van der Waals surface area contributed by atoms with Gasteiger partial charge in [0.15, 0.2) is 0 Å². The minimum absolute atomic E-state index is 0.0107. The van der Waals surface area contributed by atoms with E-state index < -0.39 is 0 Å². The van der Waals surface area contributed by atoms with Gasteiger partial charge in [-0.1, -0.05) is 6.42 Å². The van der Waals surface area contributed by atoms with Crippen LogP contribution in [0.3, 0.4) is 0 Å². The molecule has 1 saturated heterocycles. The van der Waals surface area contributed by atoms with Gasteiger partial charge in [0.05, 0.1) is 4.92 Å². The van der Waals surface area contributed by atoms with Crippen LogP contribution in [0.5, 0.6) is 5.75 Å². The number of nitrogens with zero attached hydrogens (tertiary/aromatic N) is 2. The maximum absolute atomic E-state index is 11.0. The van der Waals surface area contributed by atoms with E-state index >= 15 is 0 Å². The maximum Gasteiger partial charge on any atom is 0.269 e. The van der Waals surface area contributed by atoms with Crippen molar-refractivity contribution in [3.05, 3.63) is 33.9 Å². The predicted molar refractivity (Wildman–Crippen MR) is 74.1 cm³/mol. The molecule has 20 heavy (non-hydrogen) atoms. The number of piperidine rings is 1. The van der Waals surface area contributed by atoms with Crippen molar-refractivity contribution in [1.82, 2.24) is 4.90 Å². The molecule has 2 aliphatic heterocycles. The van der Waals surface area contributed by atoms with Crippen LogP contribution in [0.15, 0.2) is 18.2 Å². The molecule has 0 unspecified atom stereocenters. The number of nitro groups is 1. The predicted octanol–water partition coefficient (Wildman–Crippen LogP) is 2.48. The zero-order valence-corrected chi connectivity index (χ0v) is 11.5. The molecule has 106 valence electrons. The molecule has 2 bridgehead atoms. The third-order valence-electron chi connectivity index (χ3n) is 5.46. The molecule has 5 nitrogen and oxygen atoms in total. The van der Waals surface area contributed by atoms with Crippen LogP contribution in [0.1, 0.15) is 31.2 Å². The highest BCUT2D eigenvalue weighted by Gasteiger charge is 2.57. The van der Waals surface area contributed by atoms with Gasteiger partial charge in [-0.15, -0.1) is 0 Å². The van der Waals surface area contributed by atoms with Gasteiger partial charge in [0.25, 0.3) is 5.69 Å². The molecule has 1 aromatic rings. The highest BCUT2D eigenvalue weighted by Crippen LogP contribution is 2.55. The molecule has 5 heteroatoms. The average molecular weight is 274 g/mol. The van der Waals surface area contributed by atoms with Crippen molar-refractivity contribution < 1.29 is 9.66 Å². The summed E-state index contributed by atoms with van der Waals surface area (Å²) in [5.41, 5.74) is 1.27. The van der Waals surface area contributed by atoms with Gasteiger partial charge >= 0.3 is 0 Å². The second-order valence-corrected chi connectivity index (χ2v) is 6.32. The lowest BCUT2D eigenvalue weighted by atomic mass is 9.62. The summed E-state index contributed by atoms with van der Waals surface area (Å²) in [6, 6.07) is 5.54. The fourth-order valence-electron chi connectivity index (χ4n) is 4.42. The summed E-state index contributed by atoms with van der Waals surface area (Å²) in [5.74, 6) is 0.864. The topological polar surface area (TPSA) is 55.6 Å². The zero-order valence-electron chi connectivity index (χ0n) is 11.5. The third kappa shape index (κ3) is 1.41. The standard InChI is InChI=1S/C15H18N2O3/c1-16-8-7-15-6-2-3-12(16)14(15)20-13-5-4-10(17(18)19)9-11(13)15/h4-5,9,12,14H,2-3,6-8H2,1H3/t12-,14-,15-/m0/s1. The van der Waals surface area contributed by atoms with Crippen LogP contribution in [-0.4, -0.2) is 35.6 Å². The van der Waals surface area contributed by atoms with Crippen molar-refractivity contribution in [2.45, 2.75) is 43.2 Å². The Morgan fingerprint density at radius 2 is 2.30 bits per heavy atom. The molecule has 2 fully saturated rings. The van der Waals surface area contributed by atoms with Crippen LogP contribution in [0.4, 0.5) is 5.69 Å². The first-order chi connectivity index (χ1) is 9.62. The molecule has 0 aromatic heterocycles. The third-order valence-corrected chi connectivity index (χ3v) is 5.46. The Morgan fingerprint density at radius 1 is 1.45 bits per heavy atom. The molecule has 3 atom stereocenters. The van der Waals surface area contributed by atoms with E-state index in [0.717, 1.165) is 30.7 Å². The Kier molecular flexibility index (Phi) is 2.40. The molecule has 0 amide bonds. The molecule has 0 spiro atoms. The van der Waals surface area contributed by atoms with Gasteiger partial charge < -0.3 is 4.74 Å². The lowest BCUT2D eigenvalue weighted by Crippen LogP contribution is -2.60. The van der Waals surface area contributed by atoms with Gasteiger partial charge in [0.1, 0.15) is 11.9 Å². The number of fused-ring (bicyclic) bond motifs is 1. The van der Waals surface area contributed by atoms with Gasteiger partial charge in [-0.2, -0.15) is 0 Å². The van der Waals surface area contributed by atoms with Crippen molar-refractivity contribution in [2.75, 3.05) is 13.6 Å².